The number of aromatic nitrogens is 1. The second-order valence-corrected chi connectivity index (χ2v) is 5.28. The van der Waals surface area contributed by atoms with Crippen LogP contribution in [0.15, 0.2) is 24.3 Å². The van der Waals surface area contributed by atoms with E-state index in [2.05, 4.69) is 10.3 Å². The average Bonchev–Trinajstić information content (AvgIpc) is 2.80. The fraction of sp³-hybridized carbons (Fsp3) is 0.167. The molecule has 106 valence electrons. The van der Waals surface area contributed by atoms with Crippen LogP contribution in [0.4, 0.5) is 13.9 Å². The first-order chi connectivity index (χ1) is 9.49. The molecule has 1 heterocycles. The molecule has 1 aromatic carbocycles. The number of alkyl halides is 2. The van der Waals surface area contributed by atoms with Crippen LogP contribution in [0, 0.1) is 0 Å². The topological polar surface area (TPSA) is 68.0 Å². The molecule has 0 saturated carbocycles. The highest BCUT2D eigenvalue weighted by molar-refractivity contribution is 7.17. The largest absolute Gasteiger partial charge is 0.375 e. The van der Waals surface area contributed by atoms with Crippen LogP contribution in [0.1, 0.15) is 27.4 Å². The van der Waals surface area contributed by atoms with E-state index in [4.69, 9.17) is 17.3 Å². The molecule has 0 aliphatic rings. The Balaban J connectivity index is 2.11. The number of nitrogens with two attached hydrogens (primary N) is 1. The van der Waals surface area contributed by atoms with Crippen molar-refractivity contribution in [1.29, 1.82) is 0 Å². The van der Waals surface area contributed by atoms with Crippen LogP contribution in [-0.2, 0) is 6.54 Å². The average molecular weight is 318 g/mol. The molecule has 0 atom stereocenters. The number of nitrogens with one attached hydrogen (secondary N) is 1. The third kappa shape index (κ3) is 3.23. The molecular formula is C12H10ClF2N3OS. The monoisotopic (exact) mass is 317 g/mol. The van der Waals surface area contributed by atoms with Gasteiger partial charge in [0.2, 0.25) is 0 Å². The lowest BCUT2D eigenvalue weighted by atomic mass is 10.2. The predicted octanol–water partition coefficient (Wildman–Crippen LogP) is 3.25. The van der Waals surface area contributed by atoms with Crippen LogP contribution in [0.25, 0.3) is 0 Å². The first-order valence-electron chi connectivity index (χ1n) is 5.55. The minimum Gasteiger partial charge on any atom is -0.375 e. The molecule has 8 heteroatoms. The number of rotatable bonds is 4. The number of anilines is 1. The summed E-state index contributed by atoms with van der Waals surface area (Å²) in [4.78, 5) is 15.2. The Bertz CT molecular complexity index is 633. The maximum Gasteiger partial charge on any atom is 0.282 e. The first-order valence-corrected chi connectivity index (χ1v) is 6.74. The molecule has 4 nitrogen and oxygen atoms in total. The summed E-state index contributed by atoms with van der Waals surface area (Å²) in [6.45, 7) is 0.138. The van der Waals surface area contributed by atoms with Crippen LogP contribution in [0.5, 0.6) is 0 Å². The van der Waals surface area contributed by atoms with E-state index in [0.29, 0.717) is 10.6 Å². The van der Waals surface area contributed by atoms with Gasteiger partial charge in [-0.3, -0.25) is 4.79 Å². The van der Waals surface area contributed by atoms with Gasteiger partial charge in [-0.25, -0.2) is 13.8 Å². The highest BCUT2D eigenvalue weighted by atomic mass is 35.5. The summed E-state index contributed by atoms with van der Waals surface area (Å²) in [7, 11) is 0. The number of amides is 1. The lowest BCUT2D eigenvalue weighted by Gasteiger charge is -2.06. The summed E-state index contributed by atoms with van der Waals surface area (Å²) < 4.78 is 25.4. The SMILES string of the molecule is Nc1nc(C(F)F)c(C(=O)NCc2ccccc2Cl)s1. The van der Waals surface area contributed by atoms with Crippen molar-refractivity contribution in [3.63, 3.8) is 0 Å². The third-order valence-electron chi connectivity index (χ3n) is 2.48. The fourth-order valence-corrected chi connectivity index (χ4v) is 2.52. The van der Waals surface area contributed by atoms with Gasteiger partial charge in [0.1, 0.15) is 10.6 Å². The maximum atomic E-state index is 12.7. The van der Waals surface area contributed by atoms with E-state index in [0.717, 1.165) is 11.3 Å². The molecule has 2 aromatic rings. The summed E-state index contributed by atoms with van der Waals surface area (Å²) in [5.74, 6) is -0.644. The highest BCUT2D eigenvalue weighted by Crippen LogP contribution is 2.28. The number of halogens is 3. The molecule has 0 aliphatic carbocycles. The quantitative estimate of drug-likeness (QED) is 0.909. The van der Waals surface area contributed by atoms with Crippen LogP contribution in [-0.4, -0.2) is 10.9 Å². The van der Waals surface area contributed by atoms with E-state index in [1.165, 1.54) is 0 Å². The molecule has 0 bridgehead atoms. The van der Waals surface area contributed by atoms with Gasteiger partial charge in [-0.2, -0.15) is 0 Å². The van der Waals surface area contributed by atoms with E-state index in [1.807, 2.05) is 0 Å². The minimum absolute atomic E-state index is 0.0665. The van der Waals surface area contributed by atoms with Crippen LogP contribution >= 0.6 is 22.9 Å². The number of benzene rings is 1. The van der Waals surface area contributed by atoms with E-state index in [9.17, 15) is 13.6 Å². The molecule has 1 aromatic heterocycles. The summed E-state index contributed by atoms with van der Waals surface area (Å²) >= 11 is 6.67. The summed E-state index contributed by atoms with van der Waals surface area (Å²) in [6, 6.07) is 6.94. The molecule has 2 rings (SSSR count). The molecule has 0 fully saturated rings. The molecule has 20 heavy (non-hydrogen) atoms. The third-order valence-corrected chi connectivity index (χ3v) is 3.75. The molecule has 3 N–H and O–H groups in total. The maximum absolute atomic E-state index is 12.7. The van der Waals surface area contributed by atoms with E-state index in [-0.39, 0.29) is 16.6 Å². The Morgan fingerprint density at radius 1 is 1.45 bits per heavy atom. The van der Waals surface area contributed by atoms with E-state index in [1.54, 1.807) is 24.3 Å². The Kier molecular flexibility index (Phi) is 4.51. The van der Waals surface area contributed by atoms with Gasteiger partial charge < -0.3 is 11.1 Å². The molecule has 0 unspecified atom stereocenters. The van der Waals surface area contributed by atoms with Crippen LogP contribution in [0.2, 0.25) is 5.02 Å². The van der Waals surface area contributed by atoms with Gasteiger partial charge in [0, 0.05) is 11.6 Å². The zero-order chi connectivity index (χ0) is 14.7. The fourth-order valence-electron chi connectivity index (χ4n) is 1.56. The molecule has 0 aliphatic heterocycles. The first kappa shape index (κ1) is 14.7. The molecule has 1 amide bonds. The van der Waals surface area contributed by atoms with Crippen molar-refractivity contribution in [3.05, 3.63) is 45.4 Å². The summed E-state index contributed by atoms with van der Waals surface area (Å²) in [5, 5.41) is 2.95. The van der Waals surface area contributed by atoms with Crippen LogP contribution in [0.3, 0.4) is 0 Å². The number of hydrogen-bond acceptors (Lipinski definition) is 4. The summed E-state index contributed by atoms with van der Waals surface area (Å²) in [6.07, 6.45) is -2.84. The lowest BCUT2D eigenvalue weighted by molar-refractivity contribution is 0.0940. The van der Waals surface area contributed by atoms with Crippen molar-refractivity contribution in [2.24, 2.45) is 0 Å². The number of hydrogen-bond donors (Lipinski definition) is 2. The highest BCUT2D eigenvalue weighted by Gasteiger charge is 2.23. The van der Waals surface area contributed by atoms with Crippen molar-refractivity contribution >= 4 is 34.0 Å². The number of nitrogen functional groups attached to an aromatic ring is 1. The van der Waals surface area contributed by atoms with Crippen molar-refractivity contribution in [1.82, 2.24) is 10.3 Å². The number of thiazole rings is 1. The Morgan fingerprint density at radius 2 is 2.15 bits per heavy atom. The number of nitrogens with zero attached hydrogens (tertiary/aromatic N) is 1. The van der Waals surface area contributed by atoms with E-state index >= 15 is 0 Å². The van der Waals surface area contributed by atoms with Gasteiger partial charge in [-0.05, 0) is 11.6 Å². The number of carbonyl (C=O) groups excluding carboxylic acids is 1. The van der Waals surface area contributed by atoms with Gasteiger partial charge in [0.15, 0.2) is 5.13 Å². The van der Waals surface area contributed by atoms with Crippen LogP contribution < -0.4 is 11.1 Å². The lowest BCUT2D eigenvalue weighted by Crippen LogP contribution is -2.23. The second kappa shape index (κ2) is 6.15. The Morgan fingerprint density at radius 3 is 2.80 bits per heavy atom. The van der Waals surface area contributed by atoms with Crippen molar-refractivity contribution in [2.75, 3.05) is 5.73 Å². The van der Waals surface area contributed by atoms with Crippen molar-refractivity contribution in [3.8, 4) is 0 Å². The zero-order valence-corrected chi connectivity index (χ0v) is 11.6. The Labute approximate surface area is 122 Å². The standard InChI is InChI=1S/C12H10ClF2N3OS/c13-7-4-2-1-3-6(7)5-17-11(19)9-8(10(14)15)18-12(16)20-9/h1-4,10H,5H2,(H2,16,18)(H,17,19). The van der Waals surface area contributed by atoms with Crippen molar-refractivity contribution < 1.29 is 13.6 Å². The zero-order valence-electron chi connectivity index (χ0n) is 10.1. The second-order valence-electron chi connectivity index (χ2n) is 3.84. The van der Waals surface area contributed by atoms with Gasteiger partial charge in [-0.15, -0.1) is 0 Å². The number of carbonyl (C=O) groups is 1. The Hall–Kier alpha value is -1.73. The predicted molar refractivity (Wildman–Crippen MR) is 74.1 cm³/mol. The molecule has 0 radical (unpaired) electrons. The summed E-state index contributed by atoms with van der Waals surface area (Å²) in [5.41, 5.74) is 5.46. The van der Waals surface area contributed by atoms with E-state index < -0.39 is 18.0 Å². The van der Waals surface area contributed by atoms with Crippen molar-refractivity contribution in [2.45, 2.75) is 13.0 Å². The molecule has 0 saturated heterocycles. The van der Waals surface area contributed by atoms with Gasteiger partial charge in [0.05, 0.1) is 0 Å². The molecular weight excluding hydrogens is 308 g/mol. The van der Waals surface area contributed by atoms with Gasteiger partial charge in [-0.1, -0.05) is 41.1 Å². The minimum atomic E-state index is -2.84. The normalized spacial score (nSPS) is 10.8. The smallest absolute Gasteiger partial charge is 0.282 e. The van der Waals surface area contributed by atoms with Gasteiger partial charge in [0.25, 0.3) is 12.3 Å². The van der Waals surface area contributed by atoms with Gasteiger partial charge >= 0.3 is 0 Å². The molecule has 0 spiro atoms.